The molecule has 3 rings (SSSR count). The molecule has 0 saturated carbocycles. The minimum absolute atomic E-state index is 0.0529. The number of aliphatic hydroxyl groups excluding tert-OH is 1. The fourth-order valence-corrected chi connectivity index (χ4v) is 2.87. The fourth-order valence-electron chi connectivity index (χ4n) is 2.87. The van der Waals surface area contributed by atoms with Crippen LogP contribution in [0.3, 0.4) is 0 Å². The van der Waals surface area contributed by atoms with Gasteiger partial charge in [0.25, 0.3) is 0 Å². The minimum Gasteiger partial charge on any atom is -0.481 e. The number of ether oxygens (including phenoxy) is 2. The van der Waals surface area contributed by atoms with Gasteiger partial charge in [-0.3, -0.25) is 4.79 Å². The number of aromatic nitrogens is 1. The van der Waals surface area contributed by atoms with Gasteiger partial charge in [-0.15, -0.1) is 0 Å². The molecule has 150 valence electrons. The largest absolute Gasteiger partial charge is 0.481 e. The first-order valence-electron chi connectivity index (χ1n) is 9.31. The number of hydrogen-bond donors (Lipinski definition) is 3. The van der Waals surface area contributed by atoms with Gasteiger partial charge in [0.15, 0.2) is 0 Å². The third-order valence-corrected chi connectivity index (χ3v) is 4.49. The van der Waals surface area contributed by atoms with E-state index in [0.29, 0.717) is 30.3 Å². The monoisotopic (exact) mass is 386 g/mol. The summed E-state index contributed by atoms with van der Waals surface area (Å²) in [6.07, 6.45) is 2.15. The SMILES string of the molecule is CCC(=O)Nc1cnc(OC)cc1Nc1ccc(N2CC(OCCO)C2)cc1. The Hall–Kier alpha value is -2.84. The van der Waals surface area contributed by atoms with E-state index >= 15 is 0 Å². The van der Waals surface area contributed by atoms with Crippen LogP contribution in [0, 0.1) is 0 Å². The van der Waals surface area contributed by atoms with Crippen LogP contribution >= 0.6 is 0 Å². The van der Waals surface area contributed by atoms with Crippen molar-refractivity contribution in [1.82, 2.24) is 4.98 Å². The minimum atomic E-state index is -0.0823. The van der Waals surface area contributed by atoms with Crippen LogP contribution in [-0.2, 0) is 9.53 Å². The van der Waals surface area contributed by atoms with E-state index in [0.717, 1.165) is 24.5 Å². The highest BCUT2D eigenvalue weighted by molar-refractivity contribution is 5.94. The van der Waals surface area contributed by atoms with Crippen LogP contribution in [0.5, 0.6) is 5.88 Å². The predicted octanol–water partition coefficient (Wildman–Crippen LogP) is 2.38. The zero-order valence-electron chi connectivity index (χ0n) is 16.1. The Morgan fingerprint density at radius 1 is 1.29 bits per heavy atom. The van der Waals surface area contributed by atoms with Crippen molar-refractivity contribution in [3.8, 4) is 5.88 Å². The van der Waals surface area contributed by atoms with E-state index < -0.39 is 0 Å². The van der Waals surface area contributed by atoms with E-state index in [1.54, 1.807) is 26.3 Å². The second-order valence-corrected chi connectivity index (χ2v) is 6.47. The average molecular weight is 386 g/mol. The molecule has 1 aromatic heterocycles. The molecule has 2 heterocycles. The zero-order valence-corrected chi connectivity index (χ0v) is 16.1. The summed E-state index contributed by atoms with van der Waals surface area (Å²) < 4.78 is 10.7. The van der Waals surface area contributed by atoms with E-state index in [-0.39, 0.29) is 18.6 Å². The lowest BCUT2D eigenvalue weighted by atomic mass is 10.1. The number of aliphatic hydroxyl groups is 1. The molecular weight excluding hydrogens is 360 g/mol. The summed E-state index contributed by atoms with van der Waals surface area (Å²) >= 11 is 0. The molecule has 0 atom stereocenters. The second kappa shape index (κ2) is 9.38. The number of nitrogens with one attached hydrogen (secondary N) is 2. The predicted molar refractivity (Wildman–Crippen MR) is 108 cm³/mol. The summed E-state index contributed by atoms with van der Waals surface area (Å²) in [5.74, 6) is 0.379. The first-order chi connectivity index (χ1) is 13.6. The molecule has 3 N–H and O–H groups in total. The molecule has 8 nitrogen and oxygen atoms in total. The van der Waals surface area contributed by atoms with Gasteiger partial charge in [-0.2, -0.15) is 0 Å². The number of anilines is 4. The molecule has 2 aromatic rings. The van der Waals surface area contributed by atoms with Gasteiger partial charge in [0.2, 0.25) is 11.8 Å². The molecule has 1 aliphatic rings. The second-order valence-electron chi connectivity index (χ2n) is 6.47. The molecular formula is C20H26N4O4. The van der Waals surface area contributed by atoms with Crippen molar-refractivity contribution in [2.24, 2.45) is 0 Å². The van der Waals surface area contributed by atoms with E-state index in [4.69, 9.17) is 14.6 Å². The van der Waals surface area contributed by atoms with Gasteiger partial charge in [-0.05, 0) is 24.3 Å². The van der Waals surface area contributed by atoms with Crippen molar-refractivity contribution in [3.05, 3.63) is 36.5 Å². The number of nitrogens with zero attached hydrogens (tertiary/aromatic N) is 2. The lowest BCUT2D eigenvalue weighted by Gasteiger charge is -2.40. The van der Waals surface area contributed by atoms with Crippen molar-refractivity contribution in [1.29, 1.82) is 0 Å². The van der Waals surface area contributed by atoms with Gasteiger partial charge in [0.05, 0.1) is 44.0 Å². The van der Waals surface area contributed by atoms with Gasteiger partial charge < -0.3 is 30.1 Å². The Balaban J connectivity index is 1.66. The summed E-state index contributed by atoms with van der Waals surface area (Å²) in [5.41, 5.74) is 3.31. The van der Waals surface area contributed by atoms with Gasteiger partial charge in [-0.25, -0.2) is 4.98 Å². The standard InChI is InChI=1S/C20H26N4O4/c1-3-19(26)23-18-11-21-20(27-2)10-17(18)22-14-4-6-15(7-5-14)24-12-16(13-24)28-9-8-25/h4-7,10-11,16,25H,3,8-9,12-13H2,1-2H3,(H,21,22)(H,23,26). The third-order valence-electron chi connectivity index (χ3n) is 4.49. The van der Waals surface area contributed by atoms with Crippen LogP contribution in [0.1, 0.15) is 13.3 Å². The molecule has 28 heavy (non-hydrogen) atoms. The number of hydrogen-bond acceptors (Lipinski definition) is 7. The Bertz CT molecular complexity index is 791. The number of amides is 1. The van der Waals surface area contributed by atoms with Gasteiger partial charge in [-0.1, -0.05) is 6.92 Å². The maximum Gasteiger partial charge on any atom is 0.224 e. The molecule has 1 aromatic carbocycles. The number of carbonyl (C=O) groups excluding carboxylic acids is 1. The molecule has 1 saturated heterocycles. The van der Waals surface area contributed by atoms with Crippen LogP contribution in [0.25, 0.3) is 0 Å². The average Bonchev–Trinajstić information content (AvgIpc) is 2.69. The van der Waals surface area contributed by atoms with E-state index in [2.05, 4.69) is 20.5 Å². The van der Waals surface area contributed by atoms with Crippen LogP contribution in [0.15, 0.2) is 36.5 Å². The lowest BCUT2D eigenvalue weighted by Crippen LogP contribution is -2.52. The highest BCUT2D eigenvalue weighted by Gasteiger charge is 2.27. The molecule has 0 aliphatic carbocycles. The molecule has 1 amide bonds. The lowest BCUT2D eigenvalue weighted by molar-refractivity contribution is -0.115. The molecule has 1 aliphatic heterocycles. The quantitative estimate of drug-likeness (QED) is 0.609. The topological polar surface area (TPSA) is 96.0 Å². The summed E-state index contributed by atoms with van der Waals surface area (Å²) in [5, 5.41) is 15.0. The summed E-state index contributed by atoms with van der Waals surface area (Å²) in [7, 11) is 1.55. The number of benzene rings is 1. The summed E-state index contributed by atoms with van der Waals surface area (Å²) in [6.45, 7) is 3.88. The Morgan fingerprint density at radius 2 is 2.04 bits per heavy atom. The number of rotatable bonds is 9. The van der Waals surface area contributed by atoms with Crippen LogP contribution in [0.2, 0.25) is 0 Å². The highest BCUT2D eigenvalue weighted by atomic mass is 16.5. The number of pyridine rings is 1. The molecule has 0 unspecified atom stereocenters. The van der Waals surface area contributed by atoms with Gasteiger partial charge >= 0.3 is 0 Å². The Kier molecular flexibility index (Phi) is 6.67. The third kappa shape index (κ3) is 4.90. The Morgan fingerprint density at radius 3 is 2.68 bits per heavy atom. The number of methoxy groups -OCH3 is 1. The number of carbonyl (C=O) groups is 1. The van der Waals surface area contributed by atoms with E-state index in [1.807, 2.05) is 24.3 Å². The first-order valence-corrected chi connectivity index (χ1v) is 9.31. The molecule has 0 spiro atoms. The highest BCUT2D eigenvalue weighted by Crippen LogP contribution is 2.30. The summed E-state index contributed by atoms with van der Waals surface area (Å²) in [4.78, 5) is 18.1. The van der Waals surface area contributed by atoms with Gasteiger partial charge in [0.1, 0.15) is 0 Å². The first kappa shape index (κ1) is 19.9. The summed E-state index contributed by atoms with van der Waals surface area (Å²) in [6, 6.07) is 9.78. The normalized spacial score (nSPS) is 13.8. The van der Waals surface area contributed by atoms with Crippen molar-refractivity contribution < 1.29 is 19.4 Å². The molecule has 0 bridgehead atoms. The van der Waals surface area contributed by atoms with Crippen LogP contribution < -0.4 is 20.3 Å². The van der Waals surface area contributed by atoms with E-state index in [9.17, 15) is 4.79 Å². The maximum absolute atomic E-state index is 11.8. The zero-order chi connectivity index (χ0) is 19.9. The van der Waals surface area contributed by atoms with Gasteiger partial charge in [0, 0.05) is 37.0 Å². The van der Waals surface area contributed by atoms with E-state index in [1.165, 1.54) is 0 Å². The molecule has 0 radical (unpaired) electrons. The molecule has 8 heteroatoms. The molecule has 1 fully saturated rings. The van der Waals surface area contributed by atoms with Crippen LogP contribution in [-0.4, -0.2) is 55.5 Å². The van der Waals surface area contributed by atoms with Crippen molar-refractivity contribution >= 4 is 28.7 Å². The van der Waals surface area contributed by atoms with Crippen molar-refractivity contribution in [2.45, 2.75) is 19.4 Å². The van der Waals surface area contributed by atoms with Crippen molar-refractivity contribution in [2.75, 3.05) is 48.9 Å². The fraction of sp³-hybridized carbons (Fsp3) is 0.400. The Labute approximate surface area is 164 Å². The van der Waals surface area contributed by atoms with Crippen molar-refractivity contribution in [3.63, 3.8) is 0 Å². The van der Waals surface area contributed by atoms with Crippen LogP contribution in [0.4, 0.5) is 22.7 Å². The smallest absolute Gasteiger partial charge is 0.224 e. The maximum atomic E-state index is 11.8.